The zero-order valence-corrected chi connectivity index (χ0v) is 19.7. The summed E-state index contributed by atoms with van der Waals surface area (Å²) >= 11 is 1.15. The van der Waals surface area contributed by atoms with Gasteiger partial charge in [-0.1, -0.05) is 37.3 Å². The number of nitrogens with one attached hydrogen (secondary N) is 1. The molecular formula is C22H25N3O5S2. The van der Waals surface area contributed by atoms with E-state index in [2.05, 4.69) is 10.3 Å². The maximum absolute atomic E-state index is 13.2. The number of carbonyl (C=O) groups is 3. The van der Waals surface area contributed by atoms with E-state index in [-0.39, 0.29) is 22.6 Å². The molecule has 4 rings (SSSR count). The second-order valence-corrected chi connectivity index (χ2v) is 11.8. The highest BCUT2D eigenvalue weighted by atomic mass is 32.2. The minimum Gasteiger partial charge on any atom is -0.300 e. The van der Waals surface area contributed by atoms with Crippen LogP contribution in [0.2, 0.25) is 0 Å². The fourth-order valence-corrected chi connectivity index (χ4v) is 5.92. The summed E-state index contributed by atoms with van der Waals surface area (Å²) in [5.74, 6) is -1.74. The third-order valence-corrected chi connectivity index (χ3v) is 7.91. The van der Waals surface area contributed by atoms with Crippen molar-refractivity contribution in [1.29, 1.82) is 0 Å². The molecule has 2 aromatic rings. The van der Waals surface area contributed by atoms with Crippen LogP contribution in [0.1, 0.15) is 33.1 Å². The minimum absolute atomic E-state index is 0.0831. The molecule has 170 valence electrons. The molecule has 1 fully saturated rings. The normalized spacial score (nSPS) is 21.9. The van der Waals surface area contributed by atoms with Crippen LogP contribution in [-0.2, 0) is 24.2 Å². The molecule has 10 heteroatoms. The Balaban J connectivity index is 1.60. The van der Waals surface area contributed by atoms with E-state index >= 15 is 0 Å². The highest BCUT2D eigenvalue weighted by Crippen LogP contribution is 2.37. The van der Waals surface area contributed by atoms with E-state index in [1.165, 1.54) is 12.1 Å². The Bertz CT molecular complexity index is 1210. The Hall–Kier alpha value is -2.59. The maximum atomic E-state index is 13.2. The number of hydrogen-bond acceptors (Lipinski definition) is 7. The van der Waals surface area contributed by atoms with E-state index in [9.17, 15) is 22.8 Å². The van der Waals surface area contributed by atoms with Crippen LogP contribution < -0.4 is 5.32 Å². The van der Waals surface area contributed by atoms with Crippen LogP contribution in [0.25, 0.3) is 10.2 Å². The van der Waals surface area contributed by atoms with Gasteiger partial charge in [0.1, 0.15) is 6.04 Å². The second-order valence-electron chi connectivity index (χ2n) is 8.76. The molecule has 1 aliphatic heterocycles. The summed E-state index contributed by atoms with van der Waals surface area (Å²) in [5.41, 5.74) is 0.559. The predicted octanol–water partition coefficient (Wildman–Crippen LogP) is 3.00. The number of carbonyl (C=O) groups excluding carboxylic acids is 3. The van der Waals surface area contributed by atoms with Gasteiger partial charge in [0.15, 0.2) is 15.0 Å². The van der Waals surface area contributed by atoms with Crippen LogP contribution >= 0.6 is 11.3 Å². The molecule has 1 N–H and O–H groups in total. The Morgan fingerprint density at radius 1 is 1.19 bits per heavy atom. The lowest BCUT2D eigenvalue weighted by molar-refractivity contribution is -0.147. The van der Waals surface area contributed by atoms with Gasteiger partial charge in [0.05, 0.1) is 26.9 Å². The van der Waals surface area contributed by atoms with Crippen molar-refractivity contribution in [3.63, 3.8) is 0 Å². The highest BCUT2D eigenvalue weighted by molar-refractivity contribution is 7.90. The fraction of sp³-hybridized carbons (Fsp3) is 0.455. The molecule has 2 heterocycles. The van der Waals surface area contributed by atoms with Gasteiger partial charge in [0.2, 0.25) is 17.7 Å². The number of likely N-dealkylation sites (tertiary alicyclic amines) is 1. The topological polar surface area (TPSA) is 114 Å². The SMILES string of the molecule is CC(C)CC(C(=O)Nc1nc2ccc(S(C)(=O)=O)cc2s1)N1C(=O)C2CC=CCC2C1=O. The third-order valence-electron chi connectivity index (χ3n) is 5.87. The molecule has 1 aromatic carbocycles. The van der Waals surface area contributed by atoms with Gasteiger partial charge < -0.3 is 5.32 Å². The van der Waals surface area contributed by atoms with E-state index in [0.717, 1.165) is 22.5 Å². The van der Waals surface area contributed by atoms with Gasteiger partial charge >= 0.3 is 0 Å². The van der Waals surface area contributed by atoms with Gasteiger partial charge in [-0.3, -0.25) is 19.3 Å². The first-order valence-electron chi connectivity index (χ1n) is 10.5. The molecule has 3 atom stereocenters. The first-order chi connectivity index (χ1) is 15.1. The van der Waals surface area contributed by atoms with Crippen molar-refractivity contribution in [1.82, 2.24) is 9.88 Å². The van der Waals surface area contributed by atoms with E-state index in [1.54, 1.807) is 6.07 Å². The van der Waals surface area contributed by atoms with Gasteiger partial charge in [-0.2, -0.15) is 0 Å². The van der Waals surface area contributed by atoms with Crippen LogP contribution in [0.15, 0.2) is 35.2 Å². The molecule has 32 heavy (non-hydrogen) atoms. The molecule has 0 radical (unpaired) electrons. The van der Waals surface area contributed by atoms with Crippen molar-refractivity contribution in [2.75, 3.05) is 11.6 Å². The molecule has 1 aromatic heterocycles. The molecular weight excluding hydrogens is 450 g/mol. The van der Waals surface area contributed by atoms with E-state index in [4.69, 9.17) is 0 Å². The van der Waals surface area contributed by atoms with Crippen LogP contribution in [0.4, 0.5) is 5.13 Å². The summed E-state index contributed by atoms with van der Waals surface area (Å²) < 4.78 is 24.2. The number of rotatable bonds is 6. The Labute approximate surface area is 190 Å². The lowest BCUT2D eigenvalue weighted by Gasteiger charge is -2.26. The lowest BCUT2D eigenvalue weighted by Crippen LogP contribution is -2.48. The number of fused-ring (bicyclic) bond motifs is 2. The fourth-order valence-electron chi connectivity index (χ4n) is 4.29. The van der Waals surface area contributed by atoms with Crippen LogP contribution in [0.3, 0.4) is 0 Å². The number of aromatic nitrogens is 1. The number of benzene rings is 1. The van der Waals surface area contributed by atoms with Crippen LogP contribution in [0, 0.1) is 17.8 Å². The molecule has 0 bridgehead atoms. The van der Waals surface area contributed by atoms with Crippen molar-refractivity contribution in [3.8, 4) is 0 Å². The zero-order chi connectivity index (χ0) is 23.2. The van der Waals surface area contributed by atoms with Crippen LogP contribution in [-0.4, -0.2) is 48.3 Å². The van der Waals surface area contributed by atoms with Crippen molar-refractivity contribution < 1.29 is 22.8 Å². The second kappa shape index (κ2) is 8.40. The number of thiazole rings is 1. The molecule has 0 spiro atoms. The molecule has 1 saturated heterocycles. The number of nitrogens with zero attached hydrogens (tertiary/aromatic N) is 2. The van der Waals surface area contributed by atoms with Gasteiger partial charge in [0.25, 0.3) is 0 Å². The molecule has 3 unspecified atom stereocenters. The molecule has 1 aliphatic carbocycles. The van der Waals surface area contributed by atoms with Crippen molar-refractivity contribution in [3.05, 3.63) is 30.4 Å². The molecule has 3 amide bonds. The third kappa shape index (κ3) is 4.21. The summed E-state index contributed by atoms with van der Waals surface area (Å²) in [6.45, 7) is 3.87. The minimum atomic E-state index is -3.36. The van der Waals surface area contributed by atoms with Gasteiger partial charge in [-0.05, 0) is 43.4 Å². The molecule has 2 aliphatic rings. The monoisotopic (exact) mass is 475 g/mol. The smallest absolute Gasteiger partial charge is 0.249 e. The number of allylic oxidation sites excluding steroid dienone is 2. The number of sulfone groups is 1. The van der Waals surface area contributed by atoms with Crippen LogP contribution in [0.5, 0.6) is 0 Å². The van der Waals surface area contributed by atoms with Gasteiger partial charge in [-0.15, -0.1) is 0 Å². The Morgan fingerprint density at radius 2 is 1.81 bits per heavy atom. The van der Waals surface area contributed by atoms with Crippen molar-refractivity contribution >= 4 is 54.2 Å². The summed E-state index contributed by atoms with van der Waals surface area (Å²) in [6, 6.07) is 3.67. The van der Waals surface area contributed by atoms with E-state index < -0.39 is 33.6 Å². The first-order valence-corrected chi connectivity index (χ1v) is 13.2. The van der Waals surface area contributed by atoms with E-state index in [1.807, 2.05) is 26.0 Å². The lowest BCUT2D eigenvalue weighted by atomic mass is 9.85. The number of hydrogen-bond donors (Lipinski definition) is 1. The standard InChI is InChI=1S/C22H25N3O5S2/c1-12(2)10-17(25-20(27)14-6-4-5-7-15(14)21(25)28)19(26)24-22-23-16-9-8-13(32(3,29)30)11-18(16)31-22/h4-5,8-9,11-12,14-15,17H,6-7,10H2,1-3H3,(H,23,24,26). The quantitative estimate of drug-likeness (QED) is 0.508. The number of anilines is 1. The number of imide groups is 1. The average Bonchev–Trinajstić information content (AvgIpc) is 3.23. The maximum Gasteiger partial charge on any atom is 0.249 e. The first kappa shape index (κ1) is 22.6. The molecule has 0 saturated carbocycles. The van der Waals surface area contributed by atoms with Crippen molar-refractivity contribution in [2.24, 2.45) is 17.8 Å². The van der Waals surface area contributed by atoms with Gasteiger partial charge in [-0.25, -0.2) is 13.4 Å². The van der Waals surface area contributed by atoms with Crippen molar-refractivity contribution in [2.45, 2.75) is 44.0 Å². The summed E-state index contributed by atoms with van der Waals surface area (Å²) in [7, 11) is -3.36. The Morgan fingerprint density at radius 3 is 2.38 bits per heavy atom. The summed E-state index contributed by atoms with van der Waals surface area (Å²) in [5, 5.41) is 3.05. The summed E-state index contributed by atoms with van der Waals surface area (Å²) in [6.07, 6.45) is 6.34. The summed E-state index contributed by atoms with van der Waals surface area (Å²) in [4.78, 5) is 45.0. The van der Waals surface area contributed by atoms with Gasteiger partial charge in [0, 0.05) is 6.26 Å². The molecule has 8 nitrogen and oxygen atoms in total. The zero-order valence-electron chi connectivity index (χ0n) is 18.1. The predicted molar refractivity (Wildman–Crippen MR) is 122 cm³/mol. The average molecular weight is 476 g/mol. The largest absolute Gasteiger partial charge is 0.300 e. The Kier molecular flexibility index (Phi) is 5.93. The van der Waals surface area contributed by atoms with E-state index in [0.29, 0.717) is 34.6 Å². The highest BCUT2D eigenvalue weighted by Gasteiger charge is 2.51. The number of amides is 3.